The second-order valence-corrected chi connectivity index (χ2v) is 5.90. The number of carbonyl (C=O) groups excluding carboxylic acids is 2. The van der Waals surface area contributed by atoms with Crippen molar-refractivity contribution in [1.82, 2.24) is 15.2 Å². The van der Waals surface area contributed by atoms with Crippen LogP contribution in [0.25, 0.3) is 10.9 Å². The van der Waals surface area contributed by atoms with E-state index in [9.17, 15) is 14.0 Å². The maximum absolute atomic E-state index is 13.4. The molecule has 0 aliphatic carbocycles. The van der Waals surface area contributed by atoms with Crippen molar-refractivity contribution < 1.29 is 18.7 Å². The Labute approximate surface area is 139 Å². The molecule has 0 radical (unpaired) electrons. The smallest absolute Gasteiger partial charge is 0.409 e. The fraction of sp³-hybridized carbons (Fsp3) is 0.412. The van der Waals surface area contributed by atoms with Crippen molar-refractivity contribution in [2.45, 2.75) is 19.8 Å². The van der Waals surface area contributed by atoms with Gasteiger partial charge in [0.1, 0.15) is 5.82 Å². The Balaban J connectivity index is 1.58. The Morgan fingerprint density at radius 3 is 3.08 bits per heavy atom. The lowest BCUT2D eigenvalue weighted by atomic mass is 10.1. The number of halogens is 1. The first-order valence-corrected chi connectivity index (χ1v) is 7.99. The summed E-state index contributed by atoms with van der Waals surface area (Å²) in [5, 5.41) is 3.52. The number of aryl methyl sites for hydroxylation is 1. The van der Waals surface area contributed by atoms with Crippen molar-refractivity contribution in [3.63, 3.8) is 0 Å². The molecule has 128 valence electrons. The number of hydrogen-bond acceptors (Lipinski definition) is 3. The van der Waals surface area contributed by atoms with Gasteiger partial charge in [0.05, 0.1) is 13.0 Å². The zero-order valence-corrected chi connectivity index (χ0v) is 13.5. The first kappa shape index (κ1) is 16.3. The predicted molar refractivity (Wildman–Crippen MR) is 87.2 cm³/mol. The van der Waals surface area contributed by atoms with Crippen LogP contribution in [0.3, 0.4) is 0 Å². The van der Waals surface area contributed by atoms with E-state index in [1.54, 1.807) is 11.0 Å². The minimum absolute atomic E-state index is 0.159. The maximum atomic E-state index is 13.4. The molecule has 3 rings (SSSR count). The summed E-state index contributed by atoms with van der Waals surface area (Å²) in [6.45, 7) is 3.76. The van der Waals surface area contributed by atoms with E-state index in [4.69, 9.17) is 4.74 Å². The number of nitrogens with one attached hydrogen (secondary N) is 2. The quantitative estimate of drug-likeness (QED) is 0.880. The van der Waals surface area contributed by atoms with Gasteiger partial charge in [0.15, 0.2) is 0 Å². The highest BCUT2D eigenvalue weighted by Gasteiger charge is 2.19. The van der Waals surface area contributed by atoms with E-state index >= 15 is 0 Å². The first-order valence-electron chi connectivity index (χ1n) is 7.99. The van der Waals surface area contributed by atoms with E-state index in [-0.39, 0.29) is 24.2 Å². The van der Waals surface area contributed by atoms with Crippen molar-refractivity contribution in [3.8, 4) is 0 Å². The third-order valence-electron chi connectivity index (χ3n) is 4.18. The monoisotopic (exact) mass is 333 g/mol. The largest absolute Gasteiger partial charge is 0.449 e. The van der Waals surface area contributed by atoms with Gasteiger partial charge in [-0.15, -0.1) is 0 Å². The van der Waals surface area contributed by atoms with Crippen molar-refractivity contribution in [2.24, 2.45) is 0 Å². The molecule has 0 spiro atoms. The minimum atomic E-state index is -0.335. The van der Waals surface area contributed by atoms with E-state index in [1.165, 1.54) is 12.1 Å². The lowest BCUT2D eigenvalue weighted by Crippen LogP contribution is -2.42. The van der Waals surface area contributed by atoms with Gasteiger partial charge in [-0.2, -0.15) is 0 Å². The number of carbonyl (C=O) groups is 2. The molecule has 1 saturated heterocycles. The lowest BCUT2D eigenvalue weighted by molar-refractivity contribution is -0.120. The molecule has 2 N–H and O–H groups in total. The topological polar surface area (TPSA) is 74.4 Å². The highest BCUT2D eigenvalue weighted by Crippen LogP contribution is 2.23. The van der Waals surface area contributed by atoms with Crippen LogP contribution in [0.2, 0.25) is 0 Å². The molecule has 2 amide bonds. The molecule has 0 atom stereocenters. The first-order chi connectivity index (χ1) is 11.5. The summed E-state index contributed by atoms with van der Waals surface area (Å²) >= 11 is 0. The van der Waals surface area contributed by atoms with Crippen LogP contribution in [0, 0.1) is 12.7 Å². The molecule has 6 nitrogen and oxygen atoms in total. The summed E-state index contributed by atoms with van der Waals surface area (Å²) < 4.78 is 18.4. The molecule has 2 aromatic rings. The SMILES string of the molecule is Cc1[nH]c2ccc(F)cc2c1CC(=O)NCCN1CCCOC1=O. The number of hydrogen-bond donors (Lipinski definition) is 2. The second-order valence-electron chi connectivity index (χ2n) is 5.90. The van der Waals surface area contributed by atoms with Gasteiger partial charge < -0.3 is 19.9 Å². The highest BCUT2D eigenvalue weighted by atomic mass is 19.1. The Bertz CT molecular complexity index is 772. The van der Waals surface area contributed by atoms with Gasteiger partial charge in [-0.05, 0) is 37.1 Å². The van der Waals surface area contributed by atoms with E-state index in [0.717, 1.165) is 28.6 Å². The maximum Gasteiger partial charge on any atom is 0.409 e. The zero-order chi connectivity index (χ0) is 17.1. The number of benzene rings is 1. The van der Waals surface area contributed by atoms with Gasteiger partial charge in [0.2, 0.25) is 5.91 Å². The zero-order valence-electron chi connectivity index (χ0n) is 13.5. The van der Waals surface area contributed by atoms with Crippen LogP contribution in [0.5, 0.6) is 0 Å². The molecule has 7 heteroatoms. The Morgan fingerprint density at radius 1 is 1.46 bits per heavy atom. The summed E-state index contributed by atoms with van der Waals surface area (Å²) in [6.07, 6.45) is 0.637. The van der Waals surface area contributed by atoms with Crippen molar-refractivity contribution in [3.05, 3.63) is 35.3 Å². The number of rotatable bonds is 5. The number of H-pyrrole nitrogens is 1. The fourth-order valence-corrected chi connectivity index (χ4v) is 2.94. The number of aromatic nitrogens is 1. The van der Waals surface area contributed by atoms with Crippen LogP contribution in [0.15, 0.2) is 18.2 Å². The standard InChI is InChI=1S/C17H20FN3O3/c1-11-13(14-9-12(18)3-4-15(14)20-11)10-16(22)19-5-7-21-6-2-8-24-17(21)23/h3-4,9,20H,2,5-8,10H2,1H3,(H,19,22). The molecule has 0 saturated carbocycles. The number of cyclic esters (lactones) is 1. The van der Waals surface area contributed by atoms with Gasteiger partial charge in [-0.1, -0.05) is 0 Å². The third-order valence-corrected chi connectivity index (χ3v) is 4.18. The van der Waals surface area contributed by atoms with Crippen molar-refractivity contribution >= 4 is 22.9 Å². The predicted octanol–water partition coefficient (Wildman–Crippen LogP) is 2.12. The van der Waals surface area contributed by atoms with Gasteiger partial charge >= 0.3 is 6.09 Å². The molecule has 1 aromatic carbocycles. The number of aromatic amines is 1. The molecule has 0 unspecified atom stereocenters. The molecule has 2 heterocycles. The van der Waals surface area contributed by atoms with Crippen LogP contribution in [0.4, 0.5) is 9.18 Å². The van der Waals surface area contributed by atoms with Gasteiger partial charge in [0.25, 0.3) is 0 Å². The molecule has 0 bridgehead atoms. The van der Waals surface area contributed by atoms with Gasteiger partial charge in [0, 0.05) is 36.2 Å². The van der Waals surface area contributed by atoms with Crippen LogP contribution >= 0.6 is 0 Å². The summed E-state index contributed by atoms with van der Waals surface area (Å²) in [7, 11) is 0. The summed E-state index contributed by atoms with van der Waals surface area (Å²) in [5.74, 6) is -0.486. The Hall–Kier alpha value is -2.57. The highest BCUT2D eigenvalue weighted by molar-refractivity contribution is 5.90. The average Bonchev–Trinajstić information content (AvgIpc) is 2.85. The third kappa shape index (κ3) is 3.50. The number of amides is 2. The molecule has 1 aliphatic rings. The van der Waals surface area contributed by atoms with Gasteiger partial charge in [-0.3, -0.25) is 4.79 Å². The van der Waals surface area contributed by atoms with E-state index in [2.05, 4.69) is 10.3 Å². The van der Waals surface area contributed by atoms with Crippen LogP contribution < -0.4 is 5.32 Å². The molecule has 1 aliphatic heterocycles. The summed E-state index contributed by atoms with van der Waals surface area (Å²) in [4.78, 5) is 28.4. The molecular formula is C17H20FN3O3. The normalized spacial score (nSPS) is 14.8. The van der Waals surface area contributed by atoms with E-state index in [1.807, 2.05) is 6.92 Å². The number of fused-ring (bicyclic) bond motifs is 1. The summed E-state index contributed by atoms with van der Waals surface area (Å²) in [6, 6.07) is 4.49. The van der Waals surface area contributed by atoms with Crippen LogP contribution in [0.1, 0.15) is 17.7 Å². The molecule has 1 fully saturated rings. The Kier molecular flexibility index (Phi) is 4.69. The lowest BCUT2D eigenvalue weighted by Gasteiger charge is -2.26. The fourth-order valence-electron chi connectivity index (χ4n) is 2.94. The number of nitrogens with zero attached hydrogens (tertiary/aromatic N) is 1. The molecule has 1 aromatic heterocycles. The number of ether oxygens (including phenoxy) is 1. The molecule has 24 heavy (non-hydrogen) atoms. The van der Waals surface area contributed by atoms with Crippen LogP contribution in [-0.4, -0.2) is 48.1 Å². The Morgan fingerprint density at radius 2 is 2.29 bits per heavy atom. The van der Waals surface area contributed by atoms with Crippen molar-refractivity contribution in [1.29, 1.82) is 0 Å². The average molecular weight is 333 g/mol. The van der Waals surface area contributed by atoms with Crippen molar-refractivity contribution in [2.75, 3.05) is 26.2 Å². The second kappa shape index (κ2) is 6.90. The van der Waals surface area contributed by atoms with Gasteiger partial charge in [-0.25, -0.2) is 9.18 Å². The van der Waals surface area contributed by atoms with E-state index < -0.39 is 0 Å². The minimum Gasteiger partial charge on any atom is -0.449 e. The molecular weight excluding hydrogens is 313 g/mol. The summed E-state index contributed by atoms with van der Waals surface area (Å²) in [5.41, 5.74) is 2.46. The van der Waals surface area contributed by atoms with Crippen LogP contribution in [-0.2, 0) is 16.0 Å². The van der Waals surface area contributed by atoms with E-state index in [0.29, 0.717) is 26.2 Å².